The summed E-state index contributed by atoms with van der Waals surface area (Å²) in [6.45, 7) is -0.680. The van der Waals surface area contributed by atoms with Gasteiger partial charge in [-0.1, -0.05) is 18.2 Å². The number of hydrogen-bond donors (Lipinski definition) is 2. The van der Waals surface area contributed by atoms with Crippen LogP contribution in [0.25, 0.3) is 21.8 Å². The highest BCUT2D eigenvalue weighted by molar-refractivity contribution is 6.19. The van der Waals surface area contributed by atoms with Gasteiger partial charge in [0, 0.05) is 16.5 Å². The first kappa shape index (κ1) is 19.3. The molecule has 1 amide bonds. The number of carbonyl (C=O) groups excluding carboxylic acids is 1. The van der Waals surface area contributed by atoms with E-state index in [4.69, 9.17) is 15.6 Å². The number of nitrogens with two attached hydrogens (primary N) is 1. The summed E-state index contributed by atoms with van der Waals surface area (Å²) in [6.07, 6.45) is 2.81. The van der Waals surface area contributed by atoms with Crippen molar-refractivity contribution < 1.29 is 28.2 Å². The molecule has 0 bridgehead atoms. The highest BCUT2D eigenvalue weighted by Gasteiger charge is 2.21. The first-order valence-electron chi connectivity index (χ1n) is 8.84. The third-order valence-corrected chi connectivity index (χ3v) is 4.74. The Hall–Kier alpha value is -4.01. The second-order valence-corrected chi connectivity index (χ2v) is 6.58. The second-order valence-electron chi connectivity index (χ2n) is 6.58. The summed E-state index contributed by atoms with van der Waals surface area (Å²) < 4.78 is 35.1. The van der Waals surface area contributed by atoms with Crippen LogP contribution in [0.15, 0.2) is 48.8 Å². The molecule has 0 unspecified atom stereocenters. The summed E-state index contributed by atoms with van der Waals surface area (Å²) in [5.41, 5.74) is 6.78. The van der Waals surface area contributed by atoms with Crippen molar-refractivity contribution in [3.8, 4) is 5.75 Å². The first-order valence-corrected chi connectivity index (χ1v) is 8.84. The van der Waals surface area contributed by atoms with Crippen molar-refractivity contribution in [2.75, 3.05) is 6.61 Å². The lowest BCUT2D eigenvalue weighted by Gasteiger charge is -2.09. The Morgan fingerprint density at radius 2 is 1.83 bits per heavy atom. The predicted molar refractivity (Wildman–Crippen MR) is 104 cm³/mol. The van der Waals surface area contributed by atoms with Gasteiger partial charge in [0.2, 0.25) is 5.91 Å². The molecule has 0 saturated carbocycles. The van der Waals surface area contributed by atoms with Crippen LogP contribution in [0.1, 0.15) is 15.9 Å². The normalized spacial score (nSPS) is 11.1. The van der Waals surface area contributed by atoms with Crippen LogP contribution in [0.3, 0.4) is 0 Å². The third kappa shape index (κ3) is 3.20. The number of benzene rings is 2. The number of fused-ring (bicyclic) bond motifs is 3. The average Bonchev–Trinajstić information content (AvgIpc) is 3.04. The molecule has 0 saturated heterocycles. The molecule has 0 atom stereocenters. The van der Waals surface area contributed by atoms with E-state index in [2.05, 4.69) is 4.98 Å². The van der Waals surface area contributed by atoms with E-state index in [1.165, 1.54) is 30.6 Å². The Morgan fingerprint density at radius 3 is 2.57 bits per heavy atom. The Balaban J connectivity index is 2.03. The minimum absolute atomic E-state index is 0.0597. The van der Waals surface area contributed by atoms with Gasteiger partial charge in [0.15, 0.2) is 18.2 Å². The van der Waals surface area contributed by atoms with Crippen molar-refractivity contribution >= 4 is 33.7 Å². The number of amides is 1. The van der Waals surface area contributed by atoms with Crippen LogP contribution in [0.2, 0.25) is 0 Å². The Kier molecular flexibility index (Phi) is 4.78. The molecular weight excluding hydrogens is 396 g/mol. The fourth-order valence-electron chi connectivity index (χ4n) is 3.51. The third-order valence-electron chi connectivity index (χ3n) is 4.74. The fourth-order valence-corrected chi connectivity index (χ4v) is 3.51. The molecule has 0 radical (unpaired) electrons. The highest BCUT2D eigenvalue weighted by Crippen LogP contribution is 2.37. The summed E-state index contributed by atoms with van der Waals surface area (Å²) in [5, 5.41) is 9.78. The maximum Gasteiger partial charge on any atom is 0.341 e. The number of carboxylic acids is 1. The van der Waals surface area contributed by atoms with Gasteiger partial charge in [-0.15, -0.1) is 0 Å². The van der Waals surface area contributed by atoms with Gasteiger partial charge < -0.3 is 20.1 Å². The van der Waals surface area contributed by atoms with Crippen LogP contribution in [0.5, 0.6) is 5.75 Å². The number of carbonyl (C=O) groups is 2. The number of pyridine rings is 1. The van der Waals surface area contributed by atoms with Crippen molar-refractivity contribution in [2.45, 2.75) is 6.54 Å². The summed E-state index contributed by atoms with van der Waals surface area (Å²) >= 11 is 0. The van der Waals surface area contributed by atoms with E-state index in [0.717, 1.165) is 6.07 Å². The number of nitrogens with zero attached hydrogens (tertiary/aromatic N) is 2. The fraction of sp³-hybridized carbons (Fsp3) is 0.0952. The molecule has 2 heterocycles. The Morgan fingerprint density at radius 1 is 1.07 bits per heavy atom. The van der Waals surface area contributed by atoms with Gasteiger partial charge in [-0.3, -0.25) is 9.78 Å². The van der Waals surface area contributed by atoms with Crippen LogP contribution < -0.4 is 10.5 Å². The zero-order valence-corrected chi connectivity index (χ0v) is 15.4. The first-order chi connectivity index (χ1) is 14.4. The van der Waals surface area contributed by atoms with Crippen molar-refractivity contribution in [2.24, 2.45) is 5.73 Å². The molecule has 7 nitrogen and oxygen atoms in total. The minimum atomic E-state index is -1.19. The maximum absolute atomic E-state index is 14.3. The minimum Gasteiger partial charge on any atom is -0.480 e. The van der Waals surface area contributed by atoms with E-state index >= 15 is 0 Å². The van der Waals surface area contributed by atoms with Gasteiger partial charge in [-0.25, -0.2) is 13.6 Å². The molecule has 152 valence electrons. The molecule has 30 heavy (non-hydrogen) atoms. The van der Waals surface area contributed by atoms with Crippen molar-refractivity contribution in [1.29, 1.82) is 0 Å². The predicted octanol–water partition coefficient (Wildman–Crippen LogP) is 3.08. The molecule has 0 spiro atoms. The van der Waals surface area contributed by atoms with Gasteiger partial charge >= 0.3 is 5.97 Å². The average molecular weight is 411 g/mol. The molecule has 4 rings (SSSR count). The summed E-state index contributed by atoms with van der Waals surface area (Å²) in [7, 11) is 0. The summed E-state index contributed by atoms with van der Waals surface area (Å²) in [4.78, 5) is 27.1. The van der Waals surface area contributed by atoms with Gasteiger partial charge in [0.25, 0.3) is 0 Å². The lowest BCUT2D eigenvalue weighted by molar-refractivity contribution is -0.139. The smallest absolute Gasteiger partial charge is 0.341 e. The standard InChI is InChI=1S/C21H15F2N3O4/c22-13-5-1-3-11(20(13)23)9-26-14-6-2-4-12(21(24)29)18(14)19-15(26)7-25-8-16(19)30-10-17(27)28/h1-8H,9-10H2,(H2,24,29)(H,27,28). The van der Waals surface area contributed by atoms with Gasteiger partial charge in [0.05, 0.1) is 35.4 Å². The number of primary amides is 1. The molecule has 0 aliphatic heterocycles. The van der Waals surface area contributed by atoms with E-state index in [9.17, 15) is 18.4 Å². The maximum atomic E-state index is 14.3. The van der Waals surface area contributed by atoms with Crippen molar-refractivity contribution in [1.82, 2.24) is 9.55 Å². The number of halogens is 2. The molecule has 2 aromatic heterocycles. The molecule has 0 fully saturated rings. The van der Waals surface area contributed by atoms with Crippen molar-refractivity contribution in [3.63, 3.8) is 0 Å². The number of aromatic nitrogens is 2. The van der Waals surface area contributed by atoms with E-state index in [1.807, 2.05) is 0 Å². The summed E-state index contributed by atoms with van der Waals surface area (Å²) in [5.74, 6) is -3.71. The van der Waals surface area contributed by atoms with E-state index in [0.29, 0.717) is 21.8 Å². The largest absolute Gasteiger partial charge is 0.480 e. The van der Waals surface area contributed by atoms with Gasteiger partial charge in [-0.2, -0.15) is 0 Å². The lowest BCUT2D eigenvalue weighted by Crippen LogP contribution is -2.11. The number of carboxylic acid groups (broad SMARTS) is 1. The van der Waals surface area contributed by atoms with Crippen LogP contribution >= 0.6 is 0 Å². The van der Waals surface area contributed by atoms with Crippen LogP contribution in [0.4, 0.5) is 8.78 Å². The van der Waals surface area contributed by atoms with E-state index in [-0.39, 0.29) is 23.4 Å². The van der Waals surface area contributed by atoms with Gasteiger partial charge in [-0.05, 0) is 18.2 Å². The van der Waals surface area contributed by atoms with E-state index in [1.54, 1.807) is 16.7 Å². The number of aliphatic carboxylic acids is 1. The molecular formula is C21H15F2N3O4. The molecule has 4 aromatic rings. The number of ether oxygens (including phenoxy) is 1. The van der Waals surface area contributed by atoms with E-state index < -0.39 is 30.1 Å². The number of rotatable bonds is 6. The second kappa shape index (κ2) is 7.43. The molecule has 0 aliphatic rings. The number of hydrogen-bond acceptors (Lipinski definition) is 4. The topological polar surface area (TPSA) is 107 Å². The quantitative estimate of drug-likeness (QED) is 0.507. The van der Waals surface area contributed by atoms with Crippen LogP contribution in [-0.4, -0.2) is 33.1 Å². The molecule has 2 aromatic carbocycles. The zero-order chi connectivity index (χ0) is 21.4. The lowest BCUT2D eigenvalue weighted by atomic mass is 10.1. The van der Waals surface area contributed by atoms with Gasteiger partial charge in [0.1, 0.15) is 5.75 Å². The molecule has 9 heteroatoms. The highest BCUT2D eigenvalue weighted by atomic mass is 19.2. The molecule has 0 aliphatic carbocycles. The Labute approximate surface area is 168 Å². The zero-order valence-electron chi connectivity index (χ0n) is 15.4. The monoisotopic (exact) mass is 411 g/mol. The summed E-state index contributed by atoms with van der Waals surface area (Å²) in [6, 6.07) is 8.71. The Bertz CT molecular complexity index is 1320. The van der Waals surface area contributed by atoms with Crippen molar-refractivity contribution in [3.05, 3.63) is 71.6 Å². The molecule has 3 N–H and O–H groups in total. The van der Waals surface area contributed by atoms with Crippen LogP contribution in [-0.2, 0) is 11.3 Å². The SMILES string of the molecule is NC(=O)c1cccc2c1c1c(OCC(=O)O)cncc1n2Cc1cccc(F)c1F. The van der Waals surface area contributed by atoms with Crippen LogP contribution in [0, 0.1) is 11.6 Å².